The number of rotatable bonds is 4. The minimum absolute atomic E-state index is 0.524. The Hall–Kier alpha value is -0.160. The van der Waals surface area contributed by atoms with E-state index in [1.54, 1.807) is 0 Å². The van der Waals surface area contributed by atoms with Crippen LogP contribution < -0.4 is 5.73 Å². The van der Waals surface area contributed by atoms with Crippen molar-refractivity contribution >= 4 is 0 Å². The molecule has 2 atom stereocenters. The van der Waals surface area contributed by atoms with E-state index in [2.05, 4.69) is 42.8 Å². The van der Waals surface area contributed by atoms with Crippen molar-refractivity contribution in [2.45, 2.75) is 19.0 Å². The summed E-state index contributed by atoms with van der Waals surface area (Å²) in [4.78, 5) is 7.18. The molecular weight excluding hydrogens is 188 g/mol. The van der Waals surface area contributed by atoms with Crippen LogP contribution in [0, 0.1) is 0 Å². The van der Waals surface area contributed by atoms with Crippen LogP contribution in [0.25, 0.3) is 0 Å². The summed E-state index contributed by atoms with van der Waals surface area (Å²) >= 11 is 0. The number of hydrogen-bond donors (Lipinski definition) is 1. The van der Waals surface area contributed by atoms with Crippen molar-refractivity contribution in [1.29, 1.82) is 0 Å². The maximum Gasteiger partial charge on any atom is 0.0346 e. The summed E-state index contributed by atoms with van der Waals surface area (Å²) in [6, 6.07) is 1.14. The fourth-order valence-electron chi connectivity index (χ4n) is 2.13. The summed E-state index contributed by atoms with van der Waals surface area (Å²) in [5.41, 5.74) is 5.80. The van der Waals surface area contributed by atoms with Crippen LogP contribution in [0.15, 0.2) is 0 Å². The second kappa shape index (κ2) is 5.80. The Balaban J connectivity index is 2.41. The molecule has 0 aromatic carbocycles. The molecule has 1 aliphatic rings. The molecular formula is C11H26N4. The van der Waals surface area contributed by atoms with Crippen molar-refractivity contribution in [3.05, 3.63) is 0 Å². The van der Waals surface area contributed by atoms with Crippen molar-refractivity contribution in [2.24, 2.45) is 5.73 Å². The highest BCUT2D eigenvalue weighted by Crippen LogP contribution is 2.12. The van der Waals surface area contributed by atoms with Crippen molar-refractivity contribution in [1.82, 2.24) is 14.7 Å². The molecule has 1 heterocycles. The number of likely N-dealkylation sites (N-methyl/N-ethyl adjacent to an activating group) is 2. The zero-order valence-electron chi connectivity index (χ0n) is 10.6. The molecule has 2 unspecified atom stereocenters. The zero-order chi connectivity index (χ0) is 11.4. The molecule has 0 amide bonds. The summed E-state index contributed by atoms with van der Waals surface area (Å²) in [5.74, 6) is 0. The van der Waals surface area contributed by atoms with Gasteiger partial charge in [-0.3, -0.25) is 9.80 Å². The highest BCUT2D eigenvalue weighted by Gasteiger charge is 2.27. The number of hydrogen-bond acceptors (Lipinski definition) is 4. The molecule has 0 radical (unpaired) electrons. The third-order valence-electron chi connectivity index (χ3n) is 3.40. The molecule has 1 aliphatic heterocycles. The lowest BCUT2D eigenvalue weighted by atomic mass is 10.1. The van der Waals surface area contributed by atoms with Crippen molar-refractivity contribution in [3.63, 3.8) is 0 Å². The Bertz CT molecular complexity index is 183. The lowest BCUT2D eigenvalue weighted by Crippen LogP contribution is -2.59. The first-order valence-corrected chi connectivity index (χ1v) is 5.83. The van der Waals surface area contributed by atoms with Gasteiger partial charge in [-0.15, -0.1) is 0 Å². The fourth-order valence-corrected chi connectivity index (χ4v) is 2.13. The average molecular weight is 214 g/mol. The summed E-state index contributed by atoms with van der Waals surface area (Å²) in [6.45, 7) is 7.62. The van der Waals surface area contributed by atoms with Gasteiger partial charge in [-0.05, 0) is 28.1 Å². The van der Waals surface area contributed by atoms with Crippen molar-refractivity contribution in [2.75, 3.05) is 53.9 Å². The van der Waals surface area contributed by atoms with Gasteiger partial charge in [0.1, 0.15) is 0 Å². The molecule has 15 heavy (non-hydrogen) atoms. The van der Waals surface area contributed by atoms with Crippen LogP contribution >= 0.6 is 0 Å². The van der Waals surface area contributed by atoms with E-state index in [1.165, 1.54) is 6.54 Å². The van der Waals surface area contributed by atoms with Gasteiger partial charge in [0.2, 0.25) is 0 Å². The number of piperazine rings is 1. The van der Waals surface area contributed by atoms with Gasteiger partial charge in [-0.2, -0.15) is 0 Å². The van der Waals surface area contributed by atoms with Crippen LogP contribution in [0.2, 0.25) is 0 Å². The van der Waals surface area contributed by atoms with Gasteiger partial charge in [-0.25, -0.2) is 0 Å². The largest absolute Gasteiger partial charge is 0.329 e. The molecule has 4 heteroatoms. The summed E-state index contributed by atoms with van der Waals surface area (Å²) < 4.78 is 0. The molecule has 90 valence electrons. The van der Waals surface area contributed by atoms with Crippen LogP contribution in [0.3, 0.4) is 0 Å². The molecule has 0 saturated carbocycles. The quantitative estimate of drug-likeness (QED) is 0.685. The van der Waals surface area contributed by atoms with E-state index in [9.17, 15) is 0 Å². The third-order valence-corrected chi connectivity index (χ3v) is 3.40. The molecule has 2 N–H and O–H groups in total. The van der Waals surface area contributed by atoms with Crippen LogP contribution in [0.5, 0.6) is 0 Å². The molecule has 4 nitrogen and oxygen atoms in total. The third kappa shape index (κ3) is 3.72. The molecule has 0 aliphatic carbocycles. The Morgan fingerprint density at radius 2 is 2.00 bits per heavy atom. The van der Waals surface area contributed by atoms with E-state index in [-0.39, 0.29) is 0 Å². The van der Waals surface area contributed by atoms with Crippen LogP contribution in [-0.2, 0) is 0 Å². The normalized spacial score (nSPS) is 30.0. The first-order valence-electron chi connectivity index (χ1n) is 5.83. The van der Waals surface area contributed by atoms with Crippen LogP contribution in [0.4, 0.5) is 0 Å². The SMILES string of the molecule is CC1CN(CCN(C)C)CC(CN)N1C. The Morgan fingerprint density at radius 1 is 1.33 bits per heavy atom. The van der Waals surface area contributed by atoms with Crippen LogP contribution in [0.1, 0.15) is 6.92 Å². The van der Waals surface area contributed by atoms with Crippen molar-refractivity contribution in [3.8, 4) is 0 Å². The van der Waals surface area contributed by atoms with Gasteiger partial charge in [0.05, 0.1) is 0 Å². The van der Waals surface area contributed by atoms with E-state index < -0.39 is 0 Å². The lowest BCUT2D eigenvalue weighted by Gasteiger charge is -2.43. The molecule has 0 aromatic heterocycles. The monoisotopic (exact) mass is 214 g/mol. The predicted molar refractivity (Wildman–Crippen MR) is 65.1 cm³/mol. The topological polar surface area (TPSA) is 35.7 Å². The van der Waals surface area contributed by atoms with E-state index in [1.807, 2.05) is 0 Å². The average Bonchev–Trinajstić information content (AvgIpc) is 2.19. The van der Waals surface area contributed by atoms with E-state index in [4.69, 9.17) is 5.73 Å². The first kappa shape index (κ1) is 12.9. The zero-order valence-corrected chi connectivity index (χ0v) is 10.6. The Labute approximate surface area is 94.0 Å². The standard InChI is InChI=1S/C11H26N4/c1-10-8-15(6-5-13(2)3)9-11(7-12)14(10)4/h10-11H,5-9,12H2,1-4H3. The van der Waals surface area contributed by atoms with Gasteiger partial charge in [0.15, 0.2) is 0 Å². The molecule has 1 saturated heterocycles. The second-order valence-corrected chi connectivity index (χ2v) is 4.97. The molecule has 0 spiro atoms. The molecule has 0 bridgehead atoms. The fraction of sp³-hybridized carbons (Fsp3) is 1.00. The van der Waals surface area contributed by atoms with Gasteiger partial charge in [0.25, 0.3) is 0 Å². The maximum atomic E-state index is 5.80. The summed E-state index contributed by atoms with van der Waals surface area (Å²) in [5, 5.41) is 0. The van der Waals surface area contributed by atoms with Crippen LogP contribution in [-0.4, -0.2) is 80.7 Å². The van der Waals surface area contributed by atoms with E-state index >= 15 is 0 Å². The summed E-state index contributed by atoms with van der Waals surface area (Å²) in [6.07, 6.45) is 0. The highest BCUT2D eigenvalue weighted by atomic mass is 15.3. The number of nitrogens with two attached hydrogens (primary N) is 1. The smallest absolute Gasteiger partial charge is 0.0346 e. The van der Waals surface area contributed by atoms with Crippen molar-refractivity contribution < 1.29 is 0 Å². The van der Waals surface area contributed by atoms with Gasteiger partial charge in [-0.1, -0.05) is 0 Å². The minimum Gasteiger partial charge on any atom is -0.329 e. The molecule has 1 fully saturated rings. The lowest BCUT2D eigenvalue weighted by molar-refractivity contribution is 0.0521. The molecule has 1 rings (SSSR count). The number of nitrogens with zero attached hydrogens (tertiary/aromatic N) is 3. The minimum atomic E-state index is 0.524. The molecule has 0 aromatic rings. The highest BCUT2D eigenvalue weighted by molar-refractivity contribution is 4.85. The summed E-state index contributed by atoms with van der Waals surface area (Å²) in [7, 11) is 6.44. The van der Waals surface area contributed by atoms with Gasteiger partial charge < -0.3 is 10.6 Å². The van der Waals surface area contributed by atoms with Gasteiger partial charge in [0, 0.05) is 44.8 Å². The Kier molecular flexibility index (Phi) is 4.99. The van der Waals surface area contributed by atoms with E-state index in [0.717, 1.165) is 26.2 Å². The maximum absolute atomic E-state index is 5.80. The predicted octanol–water partition coefficient (Wildman–Crippen LogP) is -0.489. The second-order valence-electron chi connectivity index (χ2n) is 4.97. The van der Waals surface area contributed by atoms with E-state index in [0.29, 0.717) is 12.1 Å². The first-order chi connectivity index (χ1) is 7.04. The Morgan fingerprint density at radius 3 is 2.53 bits per heavy atom. The van der Waals surface area contributed by atoms with Gasteiger partial charge >= 0.3 is 0 Å².